The second-order valence-corrected chi connectivity index (χ2v) is 8.89. The molecule has 0 amide bonds. The van der Waals surface area contributed by atoms with Gasteiger partial charge in [0.1, 0.15) is 5.82 Å². The van der Waals surface area contributed by atoms with E-state index in [-0.39, 0.29) is 0 Å². The average Bonchev–Trinajstić information content (AvgIpc) is 3.19. The summed E-state index contributed by atoms with van der Waals surface area (Å²) in [6, 6.07) is 10.8. The zero-order valence-corrected chi connectivity index (χ0v) is 19.3. The van der Waals surface area contributed by atoms with Gasteiger partial charge in [0.25, 0.3) is 0 Å². The summed E-state index contributed by atoms with van der Waals surface area (Å²) in [6.45, 7) is 9.91. The van der Waals surface area contributed by atoms with Gasteiger partial charge >= 0.3 is 0 Å². The van der Waals surface area contributed by atoms with Gasteiger partial charge < -0.3 is 20.3 Å². The Balaban J connectivity index is 1.69. The van der Waals surface area contributed by atoms with Crippen molar-refractivity contribution in [2.75, 3.05) is 58.4 Å². The van der Waals surface area contributed by atoms with Crippen LogP contribution in [-0.2, 0) is 11.3 Å². The molecule has 0 saturated carbocycles. The van der Waals surface area contributed by atoms with Crippen LogP contribution in [-0.4, -0.2) is 69.3 Å². The summed E-state index contributed by atoms with van der Waals surface area (Å²) >= 11 is 1.87. The van der Waals surface area contributed by atoms with E-state index in [4.69, 9.17) is 9.73 Å². The molecule has 0 bridgehead atoms. The fraction of sp³-hybridized carbons (Fsp3) is 0.545. The van der Waals surface area contributed by atoms with Gasteiger partial charge in [-0.05, 0) is 38.1 Å². The predicted molar refractivity (Wildman–Crippen MR) is 126 cm³/mol. The quantitative estimate of drug-likeness (QED) is 0.496. The van der Waals surface area contributed by atoms with Crippen molar-refractivity contribution in [2.24, 2.45) is 4.99 Å². The second-order valence-electron chi connectivity index (χ2n) is 7.57. The minimum absolute atomic E-state index is 0.312. The Labute approximate surface area is 184 Å². The number of hydrogen-bond donors (Lipinski definition) is 2. The Morgan fingerprint density at radius 2 is 2.03 bits per heavy atom. The Kier molecular flexibility index (Phi) is 8.48. The van der Waals surface area contributed by atoms with Crippen LogP contribution in [0.15, 0.2) is 35.3 Å². The summed E-state index contributed by atoms with van der Waals surface area (Å²) in [5, 5.41) is 6.92. The number of nitrogens with one attached hydrogen (secondary N) is 2. The van der Waals surface area contributed by atoms with Gasteiger partial charge in [0.15, 0.2) is 5.96 Å². The van der Waals surface area contributed by atoms with Gasteiger partial charge in [-0.25, -0.2) is 9.98 Å². The van der Waals surface area contributed by atoms with E-state index in [1.807, 2.05) is 48.5 Å². The van der Waals surface area contributed by atoms with Crippen molar-refractivity contribution in [3.8, 4) is 0 Å². The molecule has 0 aromatic carbocycles. The van der Waals surface area contributed by atoms with Crippen LogP contribution in [0.4, 0.5) is 5.82 Å². The van der Waals surface area contributed by atoms with E-state index in [1.165, 1.54) is 9.75 Å². The van der Waals surface area contributed by atoms with E-state index >= 15 is 0 Å². The molecule has 0 aliphatic carbocycles. The summed E-state index contributed by atoms with van der Waals surface area (Å²) in [7, 11) is 4.00. The number of ether oxygens (including phenoxy) is 1. The van der Waals surface area contributed by atoms with Crippen molar-refractivity contribution < 1.29 is 4.74 Å². The van der Waals surface area contributed by atoms with Crippen LogP contribution in [0.2, 0.25) is 0 Å². The van der Waals surface area contributed by atoms with Gasteiger partial charge in [0.2, 0.25) is 0 Å². The largest absolute Gasteiger partial charge is 0.379 e. The van der Waals surface area contributed by atoms with Crippen LogP contribution in [0.5, 0.6) is 0 Å². The number of guanidine groups is 1. The molecule has 2 aromatic heterocycles. The molecule has 0 spiro atoms. The molecule has 7 nitrogen and oxygen atoms in total. The molecule has 2 aromatic rings. The van der Waals surface area contributed by atoms with Crippen molar-refractivity contribution in [2.45, 2.75) is 26.4 Å². The Bertz CT molecular complexity index is 815. The monoisotopic (exact) mass is 430 g/mol. The normalized spacial score (nSPS) is 16.3. The lowest BCUT2D eigenvalue weighted by molar-refractivity contribution is 0.0177. The number of anilines is 1. The van der Waals surface area contributed by atoms with Gasteiger partial charge in [-0.3, -0.25) is 4.90 Å². The fourth-order valence-corrected chi connectivity index (χ4v) is 4.44. The number of hydrogen-bond acceptors (Lipinski definition) is 6. The molecule has 1 aliphatic rings. The molecule has 2 N–H and O–H groups in total. The predicted octanol–water partition coefficient (Wildman–Crippen LogP) is 2.65. The maximum Gasteiger partial charge on any atom is 0.191 e. The molecule has 3 rings (SSSR count). The zero-order chi connectivity index (χ0) is 21.3. The van der Waals surface area contributed by atoms with Crippen molar-refractivity contribution in [3.05, 3.63) is 45.8 Å². The van der Waals surface area contributed by atoms with Crippen LogP contribution in [0.25, 0.3) is 0 Å². The summed E-state index contributed by atoms with van der Waals surface area (Å²) in [6.07, 6.45) is 0. The first kappa shape index (κ1) is 22.5. The molecule has 1 unspecified atom stereocenters. The number of nitrogens with zero attached hydrogens (tertiary/aromatic N) is 4. The highest BCUT2D eigenvalue weighted by Gasteiger charge is 2.24. The third-order valence-corrected chi connectivity index (χ3v) is 6.13. The van der Waals surface area contributed by atoms with Crippen molar-refractivity contribution in [1.82, 2.24) is 20.5 Å². The molecule has 1 atom stereocenters. The van der Waals surface area contributed by atoms with Crippen molar-refractivity contribution in [1.29, 1.82) is 0 Å². The Hall–Kier alpha value is -2.16. The topological polar surface area (TPSA) is 65.0 Å². The van der Waals surface area contributed by atoms with Crippen molar-refractivity contribution in [3.63, 3.8) is 0 Å². The molecule has 1 saturated heterocycles. The number of thiophene rings is 1. The van der Waals surface area contributed by atoms with Crippen molar-refractivity contribution >= 4 is 23.1 Å². The van der Waals surface area contributed by atoms with Crippen LogP contribution >= 0.6 is 11.3 Å². The van der Waals surface area contributed by atoms with Crippen LogP contribution < -0.4 is 15.5 Å². The summed E-state index contributed by atoms with van der Waals surface area (Å²) in [4.78, 5) is 16.7. The highest BCUT2D eigenvalue weighted by atomic mass is 32.1. The third-order valence-electron chi connectivity index (χ3n) is 5.03. The maximum atomic E-state index is 5.56. The molecule has 164 valence electrons. The first-order valence-electron chi connectivity index (χ1n) is 10.6. The molecular weight excluding hydrogens is 396 g/mol. The molecule has 1 fully saturated rings. The van der Waals surface area contributed by atoms with Crippen LogP contribution in [0.3, 0.4) is 0 Å². The highest BCUT2D eigenvalue weighted by molar-refractivity contribution is 7.12. The number of aliphatic imine (C=N–C) groups is 1. The maximum absolute atomic E-state index is 5.56. The third kappa shape index (κ3) is 6.42. The Morgan fingerprint density at radius 1 is 1.23 bits per heavy atom. The Morgan fingerprint density at radius 3 is 2.70 bits per heavy atom. The summed E-state index contributed by atoms with van der Waals surface area (Å²) in [5.74, 6) is 1.77. The molecule has 3 heterocycles. The van der Waals surface area contributed by atoms with Crippen LogP contribution in [0, 0.1) is 6.92 Å². The lowest BCUT2D eigenvalue weighted by atomic mass is 10.2. The smallest absolute Gasteiger partial charge is 0.191 e. The van der Waals surface area contributed by atoms with Crippen LogP contribution in [0.1, 0.15) is 28.4 Å². The van der Waals surface area contributed by atoms with Gasteiger partial charge in [0.05, 0.1) is 31.5 Å². The minimum Gasteiger partial charge on any atom is -0.379 e. The van der Waals surface area contributed by atoms with Gasteiger partial charge in [-0.15, -0.1) is 11.3 Å². The summed E-state index contributed by atoms with van der Waals surface area (Å²) in [5.41, 5.74) is 0.956. The fourth-order valence-electron chi connectivity index (χ4n) is 3.43. The van der Waals surface area contributed by atoms with E-state index in [9.17, 15) is 0 Å². The molecule has 1 aliphatic heterocycles. The van der Waals surface area contributed by atoms with E-state index in [1.54, 1.807) is 0 Å². The summed E-state index contributed by atoms with van der Waals surface area (Å²) < 4.78 is 5.56. The van der Waals surface area contributed by atoms with Gasteiger partial charge in [-0.1, -0.05) is 6.07 Å². The molecule has 8 heteroatoms. The highest BCUT2D eigenvalue weighted by Crippen LogP contribution is 2.27. The van der Waals surface area contributed by atoms with Gasteiger partial charge in [-0.2, -0.15) is 0 Å². The second kappa shape index (κ2) is 11.3. The SMILES string of the molecule is CCNC(=NCc1cccc(N(C)C)n1)NCC(c1ccc(C)s1)N1CCOCC1. The van der Waals surface area contributed by atoms with E-state index in [0.29, 0.717) is 12.6 Å². The number of rotatable bonds is 8. The molecular formula is C22H34N6OS. The lowest BCUT2D eigenvalue weighted by Crippen LogP contribution is -2.46. The van der Waals surface area contributed by atoms with E-state index in [0.717, 1.165) is 56.9 Å². The number of pyridine rings is 1. The first-order chi connectivity index (χ1) is 14.6. The number of morpholine rings is 1. The van der Waals surface area contributed by atoms with Gasteiger partial charge in [0, 0.05) is 50.0 Å². The lowest BCUT2D eigenvalue weighted by Gasteiger charge is -2.34. The number of aromatic nitrogens is 1. The molecule has 30 heavy (non-hydrogen) atoms. The van der Waals surface area contributed by atoms with E-state index < -0.39 is 0 Å². The standard InChI is InChI=1S/C22H34N6OS/c1-5-23-22(24-15-18-7-6-8-21(26-18)27(3)4)25-16-19(20-10-9-17(2)30-20)28-11-13-29-14-12-28/h6-10,19H,5,11-16H2,1-4H3,(H2,23,24,25). The number of aryl methyl sites for hydroxylation is 1. The first-order valence-corrected chi connectivity index (χ1v) is 11.4. The average molecular weight is 431 g/mol. The minimum atomic E-state index is 0.312. The van der Waals surface area contributed by atoms with E-state index in [2.05, 4.69) is 46.5 Å². The molecule has 0 radical (unpaired) electrons. The zero-order valence-electron chi connectivity index (χ0n) is 18.5.